The summed E-state index contributed by atoms with van der Waals surface area (Å²) in [4.78, 5) is 25.6. The zero-order valence-electron chi connectivity index (χ0n) is 18.1. The molecule has 1 unspecified atom stereocenters. The largest absolute Gasteiger partial charge is 0.461 e. The zero-order valence-corrected chi connectivity index (χ0v) is 19.6. The van der Waals surface area contributed by atoms with E-state index in [0.717, 1.165) is 5.56 Å². The number of ether oxygens (including phenoxy) is 1. The molecule has 0 saturated carbocycles. The van der Waals surface area contributed by atoms with E-state index < -0.39 is 16.3 Å². The summed E-state index contributed by atoms with van der Waals surface area (Å²) in [6, 6.07) is 12.3. The minimum Gasteiger partial charge on any atom is -0.461 e. The number of hydrogen-bond donors (Lipinski definition) is 1. The van der Waals surface area contributed by atoms with Crippen LogP contribution in [0.2, 0.25) is 5.02 Å². The number of hydrogen-bond acceptors (Lipinski definition) is 7. The van der Waals surface area contributed by atoms with Gasteiger partial charge in [-0.15, -0.1) is 0 Å². The molecule has 0 aromatic heterocycles. The number of carbonyl (C=O) groups is 2. The third-order valence-corrected chi connectivity index (χ3v) is 8.04. The maximum absolute atomic E-state index is 12.7. The molecule has 2 heterocycles. The van der Waals surface area contributed by atoms with Gasteiger partial charge in [-0.1, -0.05) is 23.7 Å². The summed E-state index contributed by atoms with van der Waals surface area (Å²) in [6.07, 6.45) is 0.720. The van der Waals surface area contributed by atoms with E-state index in [2.05, 4.69) is 10.2 Å². The van der Waals surface area contributed by atoms with E-state index in [1.165, 1.54) is 4.31 Å². The van der Waals surface area contributed by atoms with E-state index in [-0.39, 0.29) is 11.5 Å². The van der Waals surface area contributed by atoms with Crippen molar-refractivity contribution in [3.05, 3.63) is 58.6 Å². The number of nitrogens with zero attached hydrogens (tertiary/aromatic N) is 2. The molecule has 0 radical (unpaired) electrons. The van der Waals surface area contributed by atoms with Gasteiger partial charge in [-0.05, 0) is 42.3 Å². The summed E-state index contributed by atoms with van der Waals surface area (Å²) >= 11 is 5.88. The zero-order chi connectivity index (χ0) is 23.4. The molecule has 176 valence electrons. The molecule has 0 amide bonds. The van der Waals surface area contributed by atoms with Crippen molar-refractivity contribution in [1.82, 2.24) is 9.21 Å². The fraction of sp³-hybridized carbons (Fsp3) is 0.391. The first kappa shape index (κ1) is 23.7. The Labute approximate surface area is 198 Å². The molecule has 1 fully saturated rings. The third-order valence-electron chi connectivity index (χ3n) is 5.92. The second kappa shape index (κ2) is 10.2. The van der Waals surface area contributed by atoms with Crippen LogP contribution in [0.4, 0.5) is 5.69 Å². The molecule has 2 aliphatic rings. The molecule has 0 spiro atoms. The number of anilines is 1. The molecule has 4 rings (SSSR count). The Bertz CT molecular complexity index is 1120. The summed E-state index contributed by atoms with van der Waals surface area (Å²) in [6.45, 7) is 2.58. The second-order valence-corrected chi connectivity index (χ2v) is 10.7. The molecular weight excluding hydrogens is 466 g/mol. The number of aldehydes is 1. The lowest BCUT2D eigenvalue weighted by molar-refractivity contribution is -0.112. The van der Waals surface area contributed by atoms with Crippen LogP contribution in [0, 0.1) is 0 Å². The normalized spacial score (nSPS) is 18.9. The fourth-order valence-corrected chi connectivity index (χ4v) is 5.55. The van der Waals surface area contributed by atoms with Gasteiger partial charge in [0, 0.05) is 49.7 Å². The van der Waals surface area contributed by atoms with E-state index in [1.54, 1.807) is 30.3 Å². The van der Waals surface area contributed by atoms with Gasteiger partial charge < -0.3 is 15.0 Å². The highest BCUT2D eigenvalue weighted by Gasteiger charge is 2.27. The molecule has 8 nitrogen and oxygen atoms in total. The fourth-order valence-electron chi connectivity index (χ4n) is 3.96. The van der Waals surface area contributed by atoms with Crippen molar-refractivity contribution in [1.29, 1.82) is 0 Å². The minimum absolute atomic E-state index is 0.0195. The number of Topliss-reactive ketones (excluding diaryl/α,β-unsaturated/α-hetero) is 1. The topological polar surface area (TPSA) is 96.0 Å². The maximum Gasteiger partial charge on any atom is 0.226 e. The van der Waals surface area contributed by atoms with Crippen LogP contribution in [0.3, 0.4) is 0 Å². The number of aryl methyl sites for hydroxylation is 1. The van der Waals surface area contributed by atoms with E-state index in [4.69, 9.17) is 16.3 Å². The summed E-state index contributed by atoms with van der Waals surface area (Å²) in [5.41, 5.74) is 2.16. The van der Waals surface area contributed by atoms with Crippen molar-refractivity contribution in [2.24, 2.45) is 0 Å². The summed E-state index contributed by atoms with van der Waals surface area (Å²) in [5, 5.41) is 3.53. The Morgan fingerprint density at radius 1 is 1.12 bits per heavy atom. The molecule has 1 atom stereocenters. The average molecular weight is 492 g/mol. The van der Waals surface area contributed by atoms with Gasteiger partial charge in [0.25, 0.3) is 0 Å². The van der Waals surface area contributed by atoms with Gasteiger partial charge in [0.15, 0.2) is 12.1 Å². The number of carbonyl (C=O) groups excluding carboxylic acids is 2. The lowest BCUT2D eigenvalue weighted by atomic mass is 10.1. The maximum atomic E-state index is 12.7. The first-order chi connectivity index (χ1) is 15.8. The third kappa shape index (κ3) is 5.92. The first-order valence-corrected chi connectivity index (χ1v) is 12.8. The molecule has 1 saturated heterocycles. The van der Waals surface area contributed by atoms with Crippen molar-refractivity contribution >= 4 is 39.4 Å². The molecule has 33 heavy (non-hydrogen) atoms. The number of benzene rings is 2. The molecule has 10 heteroatoms. The Morgan fingerprint density at radius 3 is 2.55 bits per heavy atom. The summed E-state index contributed by atoms with van der Waals surface area (Å²) < 4.78 is 32.4. The van der Waals surface area contributed by atoms with Crippen LogP contribution in [-0.2, 0) is 21.2 Å². The molecule has 2 aliphatic heterocycles. The lowest BCUT2D eigenvalue weighted by Gasteiger charge is -2.33. The van der Waals surface area contributed by atoms with Gasteiger partial charge in [0.1, 0.15) is 5.75 Å². The second-order valence-electron chi connectivity index (χ2n) is 8.14. The van der Waals surface area contributed by atoms with Crippen LogP contribution in [0.5, 0.6) is 5.75 Å². The Hall–Kier alpha value is -2.46. The number of nitrogens with one attached hydrogen (secondary N) is 1. The van der Waals surface area contributed by atoms with E-state index in [1.807, 2.05) is 12.1 Å². The summed E-state index contributed by atoms with van der Waals surface area (Å²) in [7, 11) is -3.34. The average Bonchev–Trinajstić information content (AvgIpc) is 3.25. The number of piperazine rings is 1. The van der Waals surface area contributed by atoms with Gasteiger partial charge >= 0.3 is 0 Å². The molecule has 0 bridgehead atoms. The van der Waals surface area contributed by atoms with Crippen LogP contribution >= 0.6 is 11.6 Å². The smallest absolute Gasteiger partial charge is 0.226 e. The molecule has 2 aromatic rings. The van der Waals surface area contributed by atoms with E-state index in [0.29, 0.717) is 73.9 Å². The first-order valence-electron chi connectivity index (χ1n) is 10.8. The van der Waals surface area contributed by atoms with Crippen LogP contribution < -0.4 is 10.1 Å². The number of rotatable bonds is 9. The van der Waals surface area contributed by atoms with E-state index >= 15 is 0 Å². The Morgan fingerprint density at radius 2 is 1.85 bits per heavy atom. The molecule has 1 N–H and O–H groups in total. The highest BCUT2D eigenvalue weighted by atomic mass is 35.5. The number of sulfonamides is 1. The van der Waals surface area contributed by atoms with Gasteiger partial charge in [-0.3, -0.25) is 9.59 Å². The van der Waals surface area contributed by atoms with Gasteiger partial charge in [-0.25, -0.2) is 8.42 Å². The van der Waals surface area contributed by atoms with Crippen molar-refractivity contribution < 1.29 is 22.7 Å². The van der Waals surface area contributed by atoms with Crippen LogP contribution in [0.1, 0.15) is 22.3 Å². The van der Waals surface area contributed by atoms with Gasteiger partial charge in [0.05, 0.1) is 11.4 Å². The van der Waals surface area contributed by atoms with Crippen LogP contribution in [0.25, 0.3) is 0 Å². The predicted molar refractivity (Wildman–Crippen MR) is 126 cm³/mol. The standard InChI is InChI=1S/C23H26ClN3O5S/c24-19-4-1-17(2-5-19)8-14-33(30,31)27-12-10-26(11-13-27)9-7-21(29)18-3-6-20-22(15-18)32-23(16-28)25-20/h1-6,15-16,23,25H,7-14H2. The van der Waals surface area contributed by atoms with Crippen molar-refractivity contribution in [2.45, 2.75) is 19.1 Å². The Balaban J connectivity index is 1.23. The van der Waals surface area contributed by atoms with Crippen molar-refractivity contribution in [2.75, 3.05) is 43.8 Å². The highest BCUT2D eigenvalue weighted by molar-refractivity contribution is 7.89. The van der Waals surface area contributed by atoms with Gasteiger partial charge in [-0.2, -0.15) is 4.31 Å². The summed E-state index contributed by atoms with van der Waals surface area (Å²) in [5.74, 6) is 0.539. The molecular formula is C23H26ClN3O5S. The SMILES string of the molecule is O=CC1Nc2ccc(C(=O)CCN3CCN(S(=O)(=O)CCc4ccc(Cl)cc4)CC3)cc2O1. The van der Waals surface area contributed by atoms with Crippen molar-refractivity contribution in [3.63, 3.8) is 0 Å². The van der Waals surface area contributed by atoms with Crippen LogP contribution in [0.15, 0.2) is 42.5 Å². The Kier molecular flexibility index (Phi) is 7.33. The lowest BCUT2D eigenvalue weighted by Crippen LogP contribution is -2.49. The van der Waals surface area contributed by atoms with E-state index in [9.17, 15) is 18.0 Å². The molecule has 0 aliphatic carbocycles. The van der Waals surface area contributed by atoms with Crippen LogP contribution in [-0.4, -0.2) is 74.4 Å². The minimum atomic E-state index is -3.34. The number of fused-ring (bicyclic) bond motifs is 1. The highest BCUT2D eigenvalue weighted by Crippen LogP contribution is 2.32. The van der Waals surface area contributed by atoms with Gasteiger partial charge in [0.2, 0.25) is 16.3 Å². The number of ketones is 1. The number of halogens is 1. The quantitative estimate of drug-likeness (QED) is 0.425. The predicted octanol–water partition coefficient (Wildman–Crippen LogP) is 2.43. The molecule has 2 aromatic carbocycles. The monoisotopic (exact) mass is 491 g/mol. The van der Waals surface area contributed by atoms with Crippen molar-refractivity contribution in [3.8, 4) is 5.75 Å².